The van der Waals surface area contributed by atoms with E-state index in [1.54, 1.807) is 0 Å². The molecular formula is C18H22ClNO. The third-order valence-electron chi connectivity index (χ3n) is 4.55. The molecule has 1 fully saturated rings. The predicted molar refractivity (Wildman–Crippen MR) is 88.0 cm³/mol. The van der Waals surface area contributed by atoms with Crippen molar-refractivity contribution in [1.29, 1.82) is 0 Å². The molecule has 2 aromatic rings. The summed E-state index contributed by atoms with van der Waals surface area (Å²) >= 11 is 6.00. The molecule has 0 amide bonds. The van der Waals surface area contributed by atoms with Gasteiger partial charge in [-0.3, -0.25) is 0 Å². The van der Waals surface area contributed by atoms with Gasteiger partial charge in [0, 0.05) is 17.5 Å². The molecule has 1 aromatic heterocycles. The molecule has 1 aliphatic rings. The minimum absolute atomic E-state index is 0.288. The zero-order valence-corrected chi connectivity index (χ0v) is 13.5. The number of nitrogens with zero attached hydrogens (tertiary/aromatic N) is 1. The highest BCUT2D eigenvalue weighted by atomic mass is 35.5. The maximum atomic E-state index is 6.21. The standard InChI is InChI=1S/C18H22ClNO/c1-18(2)9-7-14(8-10-18)21-17-16-6-4-3-5-15(16)13(11-19)12-20-17/h3-6,12,14H,7-11H2,1-2H3. The van der Waals surface area contributed by atoms with Gasteiger partial charge in [0.05, 0.1) is 0 Å². The number of rotatable bonds is 3. The lowest BCUT2D eigenvalue weighted by atomic mass is 9.76. The van der Waals surface area contributed by atoms with Crippen LogP contribution in [0.4, 0.5) is 0 Å². The van der Waals surface area contributed by atoms with Crippen molar-refractivity contribution in [3.63, 3.8) is 0 Å². The number of aromatic nitrogens is 1. The Bertz CT molecular complexity index is 628. The Morgan fingerprint density at radius 3 is 2.52 bits per heavy atom. The molecule has 2 nitrogen and oxygen atoms in total. The average molecular weight is 304 g/mol. The van der Waals surface area contributed by atoms with E-state index in [1.165, 1.54) is 12.8 Å². The number of hydrogen-bond acceptors (Lipinski definition) is 2. The van der Waals surface area contributed by atoms with E-state index in [-0.39, 0.29) is 6.10 Å². The highest BCUT2D eigenvalue weighted by molar-refractivity contribution is 6.18. The van der Waals surface area contributed by atoms with Gasteiger partial charge in [-0.15, -0.1) is 11.6 Å². The van der Waals surface area contributed by atoms with Gasteiger partial charge in [0.25, 0.3) is 0 Å². The van der Waals surface area contributed by atoms with Crippen molar-refractivity contribution >= 4 is 22.4 Å². The average Bonchev–Trinajstić information content (AvgIpc) is 2.49. The molecule has 21 heavy (non-hydrogen) atoms. The van der Waals surface area contributed by atoms with Crippen LogP contribution in [0.1, 0.15) is 45.1 Å². The molecule has 0 spiro atoms. The van der Waals surface area contributed by atoms with Crippen molar-refractivity contribution < 1.29 is 4.74 Å². The predicted octanol–water partition coefficient (Wildman–Crippen LogP) is 5.32. The first kappa shape index (κ1) is 14.6. The van der Waals surface area contributed by atoms with E-state index in [4.69, 9.17) is 16.3 Å². The lowest BCUT2D eigenvalue weighted by Crippen LogP contribution is -2.28. The molecule has 1 aromatic carbocycles. The summed E-state index contributed by atoms with van der Waals surface area (Å²) in [6.07, 6.45) is 6.79. The van der Waals surface area contributed by atoms with E-state index in [1.807, 2.05) is 18.3 Å². The summed E-state index contributed by atoms with van der Waals surface area (Å²) in [5.74, 6) is 1.23. The number of ether oxygens (including phenoxy) is 1. The Morgan fingerprint density at radius 2 is 1.86 bits per heavy atom. The third-order valence-corrected chi connectivity index (χ3v) is 4.84. The molecule has 0 aliphatic heterocycles. The van der Waals surface area contributed by atoms with Gasteiger partial charge < -0.3 is 4.74 Å². The van der Waals surface area contributed by atoms with E-state index >= 15 is 0 Å². The summed E-state index contributed by atoms with van der Waals surface area (Å²) in [4.78, 5) is 4.50. The van der Waals surface area contributed by atoms with Crippen LogP contribution in [0.5, 0.6) is 5.88 Å². The number of pyridine rings is 1. The fourth-order valence-corrected chi connectivity index (χ4v) is 3.29. The van der Waals surface area contributed by atoms with Crippen molar-refractivity contribution in [2.24, 2.45) is 5.41 Å². The van der Waals surface area contributed by atoms with Crippen molar-refractivity contribution in [3.05, 3.63) is 36.0 Å². The molecular weight excluding hydrogens is 282 g/mol. The number of benzene rings is 1. The number of fused-ring (bicyclic) bond motifs is 1. The lowest BCUT2D eigenvalue weighted by molar-refractivity contribution is 0.0963. The van der Waals surface area contributed by atoms with E-state index in [0.29, 0.717) is 11.3 Å². The number of halogens is 1. The molecule has 112 valence electrons. The second-order valence-corrected chi connectivity index (χ2v) is 7.02. The second-order valence-electron chi connectivity index (χ2n) is 6.75. The van der Waals surface area contributed by atoms with E-state index in [0.717, 1.165) is 35.1 Å². The van der Waals surface area contributed by atoms with Gasteiger partial charge in [0.2, 0.25) is 5.88 Å². The Kier molecular flexibility index (Phi) is 4.08. The van der Waals surface area contributed by atoms with Crippen molar-refractivity contribution in [3.8, 4) is 5.88 Å². The largest absolute Gasteiger partial charge is 0.474 e. The summed E-state index contributed by atoms with van der Waals surface area (Å²) in [6, 6.07) is 8.22. The number of hydrogen-bond donors (Lipinski definition) is 0. The van der Waals surface area contributed by atoms with Crippen LogP contribution in [0, 0.1) is 5.41 Å². The molecule has 3 rings (SSSR count). The fourth-order valence-electron chi connectivity index (χ4n) is 3.07. The van der Waals surface area contributed by atoms with Crippen LogP contribution in [-0.2, 0) is 5.88 Å². The third kappa shape index (κ3) is 3.16. The summed E-state index contributed by atoms with van der Waals surface area (Å²) < 4.78 is 6.21. The molecule has 0 saturated heterocycles. The van der Waals surface area contributed by atoms with Crippen LogP contribution in [0.25, 0.3) is 10.8 Å². The highest BCUT2D eigenvalue weighted by Crippen LogP contribution is 2.37. The first-order valence-electron chi connectivity index (χ1n) is 7.68. The minimum Gasteiger partial charge on any atom is -0.474 e. The molecule has 1 saturated carbocycles. The fraction of sp³-hybridized carbons (Fsp3) is 0.500. The highest BCUT2D eigenvalue weighted by Gasteiger charge is 2.28. The topological polar surface area (TPSA) is 22.1 Å². The van der Waals surface area contributed by atoms with E-state index in [9.17, 15) is 0 Å². The summed E-state index contributed by atoms with van der Waals surface area (Å²) in [5.41, 5.74) is 1.52. The minimum atomic E-state index is 0.288. The smallest absolute Gasteiger partial charge is 0.221 e. The summed E-state index contributed by atoms with van der Waals surface area (Å²) in [7, 11) is 0. The Balaban J connectivity index is 1.85. The van der Waals surface area contributed by atoms with Crippen LogP contribution < -0.4 is 4.74 Å². The maximum absolute atomic E-state index is 6.21. The van der Waals surface area contributed by atoms with Crippen LogP contribution in [0.2, 0.25) is 0 Å². The molecule has 0 N–H and O–H groups in total. The lowest BCUT2D eigenvalue weighted by Gasteiger charge is -2.34. The van der Waals surface area contributed by atoms with Gasteiger partial charge in [-0.2, -0.15) is 0 Å². The van der Waals surface area contributed by atoms with Gasteiger partial charge in [-0.05, 0) is 48.1 Å². The van der Waals surface area contributed by atoms with Crippen molar-refractivity contribution in [2.75, 3.05) is 0 Å². The first-order valence-corrected chi connectivity index (χ1v) is 8.22. The van der Waals surface area contributed by atoms with Gasteiger partial charge >= 0.3 is 0 Å². The van der Waals surface area contributed by atoms with Crippen LogP contribution in [0.15, 0.2) is 30.5 Å². The van der Waals surface area contributed by atoms with Crippen LogP contribution in [-0.4, -0.2) is 11.1 Å². The van der Waals surface area contributed by atoms with Crippen LogP contribution in [0.3, 0.4) is 0 Å². The molecule has 1 heterocycles. The van der Waals surface area contributed by atoms with E-state index in [2.05, 4.69) is 31.0 Å². The normalized spacial score (nSPS) is 18.8. The zero-order chi connectivity index (χ0) is 14.9. The Hall–Kier alpha value is -1.28. The molecule has 0 atom stereocenters. The Labute approximate surface area is 131 Å². The molecule has 1 aliphatic carbocycles. The zero-order valence-electron chi connectivity index (χ0n) is 12.7. The Morgan fingerprint density at radius 1 is 1.19 bits per heavy atom. The quantitative estimate of drug-likeness (QED) is 0.716. The SMILES string of the molecule is CC1(C)CCC(Oc2ncc(CCl)c3ccccc23)CC1. The van der Waals surface area contributed by atoms with E-state index < -0.39 is 0 Å². The summed E-state index contributed by atoms with van der Waals surface area (Å²) in [5, 5.41) is 2.22. The molecule has 0 bridgehead atoms. The summed E-state index contributed by atoms with van der Waals surface area (Å²) in [6.45, 7) is 4.68. The van der Waals surface area contributed by atoms with Crippen molar-refractivity contribution in [2.45, 2.75) is 51.5 Å². The van der Waals surface area contributed by atoms with Gasteiger partial charge in [0.15, 0.2) is 0 Å². The molecule has 3 heteroatoms. The van der Waals surface area contributed by atoms with Gasteiger partial charge in [-0.25, -0.2) is 4.98 Å². The monoisotopic (exact) mass is 303 g/mol. The van der Waals surface area contributed by atoms with Gasteiger partial charge in [-0.1, -0.05) is 32.0 Å². The first-order chi connectivity index (χ1) is 10.1. The maximum Gasteiger partial charge on any atom is 0.221 e. The van der Waals surface area contributed by atoms with Gasteiger partial charge in [0.1, 0.15) is 6.10 Å². The molecule has 0 radical (unpaired) electrons. The van der Waals surface area contributed by atoms with Crippen molar-refractivity contribution in [1.82, 2.24) is 4.98 Å². The van der Waals surface area contributed by atoms with Crippen LogP contribution >= 0.6 is 11.6 Å². The second kappa shape index (κ2) is 5.84. The molecule has 0 unspecified atom stereocenters. The number of alkyl halides is 1.